The van der Waals surface area contributed by atoms with Crippen LogP contribution in [0.3, 0.4) is 0 Å². The van der Waals surface area contributed by atoms with E-state index in [2.05, 4.69) is 100.0 Å². The number of anilines is 1. The second kappa shape index (κ2) is 11.7. The van der Waals surface area contributed by atoms with E-state index < -0.39 is 0 Å². The average Bonchev–Trinajstić information content (AvgIpc) is 3.36. The van der Waals surface area contributed by atoms with E-state index in [9.17, 15) is 5.11 Å². The normalized spacial score (nSPS) is 17.4. The predicted molar refractivity (Wildman–Crippen MR) is 176 cm³/mol. The number of nitrogens with zero attached hydrogens (tertiary/aromatic N) is 4. The van der Waals surface area contributed by atoms with Gasteiger partial charge in [0.1, 0.15) is 11.3 Å². The van der Waals surface area contributed by atoms with Gasteiger partial charge in [-0.1, -0.05) is 68.8 Å². The molecule has 0 fully saturated rings. The van der Waals surface area contributed by atoms with Crippen molar-refractivity contribution < 1.29 is 30.9 Å². The number of aromatic hydroxyl groups is 1. The maximum atomic E-state index is 10.8. The zero-order valence-corrected chi connectivity index (χ0v) is 28.7. The smallest absolute Gasteiger partial charge is 0.217 e. The van der Waals surface area contributed by atoms with Crippen molar-refractivity contribution in [2.24, 2.45) is 4.99 Å². The Morgan fingerprint density at radius 3 is 2.47 bits per heavy atom. The van der Waals surface area contributed by atoms with E-state index in [-0.39, 0.29) is 44.3 Å². The molecule has 0 saturated carbocycles. The molecule has 0 saturated heterocycles. The van der Waals surface area contributed by atoms with Crippen molar-refractivity contribution in [2.45, 2.75) is 71.9 Å². The number of phenolic OH excluding ortho intramolecular Hbond substituents is 1. The van der Waals surface area contributed by atoms with Gasteiger partial charge in [0.15, 0.2) is 0 Å². The van der Waals surface area contributed by atoms with Gasteiger partial charge in [0, 0.05) is 44.0 Å². The molecule has 7 heteroatoms. The van der Waals surface area contributed by atoms with Gasteiger partial charge in [-0.3, -0.25) is 4.98 Å². The molecule has 0 amide bonds. The maximum Gasteiger partial charge on any atom is 0.217 e. The standard InChI is InChI=1S/C38H37N4O2.Pt/c1-22-17-23(2)35(24(3)18-22)42-36-29-10-8-7-9-25(29)11-13-30(36)40-37(42)31-21-28(15-16-39-31)44-33-14-12-26-19-27(38(4,5)6)20-32(43)34(26)41-33;/h7-10,12,14-20,30,36,43H,11,13H2,1-6H3;/q-1;/t30-,36-;/m0./s1. The van der Waals surface area contributed by atoms with Crippen LogP contribution in [0.4, 0.5) is 5.69 Å². The van der Waals surface area contributed by atoms with Crippen molar-refractivity contribution in [2.75, 3.05) is 4.90 Å². The molecule has 0 bridgehead atoms. The summed E-state index contributed by atoms with van der Waals surface area (Å²) in [6.07, 6.45) is 3.72. The molecule has 3 heterocycles. The number of fused-ring (bicyclic) bond motifs is 4. The molecule has 2 aliphatic rings. The summed E-state index contributed by atoms with van der Waals surface area (Å²) in [6.45, 7) is 12.9. The number of amidine groups is 1. The van der Waals surface area contributed by atoms with Crippen LogP contribution in [0.2, 0.25) is 0 Å². The minimum atomic E-state index is -0.0880. The van der Waals surface area contributed by atoms with Crippen LogP contribution in [-0.2, 0) is 32.9 Å². The van der Waals surface area contributed by atoms with Gasteiger partial charge in [0.25, 0.3) is 0 Å². The van der Waals surface area contributed by atoms with Crippen LogP contribution >= 0.6 is 0 Å². The fraction of sp³-hybridized carbons (Fsp3) is 0.289. The van der Waals surface area contributed by atoms with Gasteiger partial charge in [-0.25, -0.2) is 4.98 Å². The van der Waals surface area contributed by atoms with E-state index in [1.165, 1.54) is 33.5 Å². The molecule has 2 aromatic heterocycles. The van der Waals surface area contributed by atoms with E-state index in [0.717, 1.165) is 29.6 Å². The van der Waals surface area contributed by atoms with Crippen molar-refractivity contribution in [1.29, 1.82) is 0 Å². The third-order valence-corrected chi connectivity index (χ3v) is 8.83. The first-order valence-electron chi connectivity index (χ1n) is 15.3. The molecule has 6 nitrogen and oxygen atoms in total. The van der Waals surface area contributed by atoms with Crippen LogP contribution in [0, 0.1) is 26.8 Å². The number of phenols is 1. The molecule has 232 valence electrons. The first-order chi connectivity index (χ1) is 21.1. The molecule has 5 aromatic rings. The SMILES string of the molecule is Cc1cc(C)c(N2C(c3[c-]c(Oc4ccc5cc(C(C)(C)C)cc(O)c5n4)ccn3)=N[C@H]3CCc4ccccc4[C@@H]32)c(C)c1.[Pt]. The molecule has 7 rings (SSSR count). The van der Waals surface area contributed by atoms with Gasteiger partial charge >= 0.3 is 0 Å². The summed E-state index contributed by atoms with van der Waals surface area (Å²) in [7, 11) is 0. The van der Waals surface area contributed by atoms with Crippen molar-refractivity contribution >= 4 is 22.4 Å². The number of hydrogen-bond acceptors (Lipinski definition) is 6. The molecule has 3 aromatic carbocycles. The molecular weight excluding hydrogens is 740 g/mol. The van der Waals surface area contributed by atoms with Gasteiger partial charge in [-0.05, 0) is 96.9 Å². The van der Waals surface area contributed by atoms with Gasteiger partial charge in [0.2, 0.25) is 5.88 Å². The molecule has 45 heavy (non-hydrogen) atoms. The summed E-state index contributed by atoms with van der Waals surface area (Å²) >= 11 is 0. The zero-order valence-electron chi connectivity index (χ0n) is 26.5. The molecule has 1 N–H and O–H groups in total. The van der Waals surface area contributed by atoms with E-state index in [0.29, 0.717) is 22.8 Å². The number of aromatic nitrogens is 2. The fourth-order valence-corrected chi connectivity index (χ4v) is 6.83. The third-order valence-electron chi connectivity index (χ3n) is 8.83. The van der Waals surface area contributed by atoms with Gasteiger partial charge in [-0.2, -0.15) is 0 Å². The van der Waals surface area contributed by atoms with Crippen LogP contribution in [0.1, 0.15) is 72.3 Å². The monoisotopic (exact) mass is 776 g/mol. The second-order valence-corrected chi connectivity index (χ2v) is 13.2. The Bertz CT molecular complexity index is 1940. The second-order valence-electron chi connectivity index (χ2n) is 13.2. The fourth-order valence-electron chi connectivity index (χ4n) is 6.83. The third kappa shape index (κ3) is 5.66. The minimum Gasteiger partial charge on any atom is -0.506 e. The van der Waals surface area contributed by atoms with E-state index in [1.807, 2.05) is 12.1 Å². The van der Waals surface area contributed by atoms with Crippen molar-refractivity contribution in [3.8, 4) is 17.4 Å². The zero-order chi connectivity index (χ0) is 30.7. The Kier molecular flexibility index (Phi) is 8.07. The Hall–Kier alpha value is -4.02. The quantitative estimate of drug-likeness (QED) is 0.186. The number of ether oxygens (including phenoxy) is 1. The van der Waals surface area contributed by atoms with Crippen LogP contribution < -0.4 is 9.64 Å². The van der Waals surface area contributed by atoms with Gasteiger partial charge < -0.3 is 19.7 Å². The summed E-state index contributed by atoms with van der Waals surface area (Å²) in [5.74, 6) is 1.81. The van der Waals surface area contributed by atoms with E-state index in [1.54, 1.807) is 18.3 Å². The number of aliphatic imine (C=N–C) groups is 1. The topological polar surface area (TPSA) is 70.8 Å². The summed E-state index contributed by atoms with van der Waals surface area (Å²) in [4.78, 5) is 17.1. The Morgan fingerprint density at radius 1 is 0.956 bits per heavy atom. The number of rotatable bonds is 4. The number of aryl methyl sites for hydroxylation is 4. The van der Waals surface area contributed by atoms with Crippen LogP contribution in [0.25, 0.3) is 10.9 Å². The Labute approximate surface area is 279 Å². The van der Waals surface area contributed by atoms with Crippen molar-refractivity contribution in [3.05, 3.63) is 118 Å². The maximum absolute atomic E-state index is 10.8. The summed E-state index contributed by atoms with van der Waals surface area (Å²) in [5.41, 5.74) is 9.63. The average molecular weight is 777 g/mol. The molecular formula is C38H37N4O2Pt-. The molecule has 2 atom stereocenters. The molecule has 1 aliphatic heterocycles. The minimum absolute atomic E-state index is 0. The van der Waals surface area contributed by atoms with E-state index in [4.69, 9.17) is 14.7 Å². The largest absolute Gasteiger partial charge is 0.506 e. The summed E-state index contributed by atoms with van der Waals surface area (Å²) in [6, 6.07) is 26.2. The van der Waals surface area contributed by atoms with Crippen LogP contribution in [0.15, 0.2) is 77.9 Å². The molecule has 0 radical (unpaired) electrons. The molecule has 0 unspecified atom stereocenters. The molecule has 0 spiro atoms. The van der Waals surface area contributed by atoms with Crippen LogP contribution in [0.5, 0.6) is 17.4 Å². The predicted octanol–water partition coefficient (Wildman–Crippen LogP) is 8.47. The Balaban J connectivity index is 0.00000357. The van der Waals surface area contributed by atoms with Gasteiger partial charge in [-0.15, -0.1) is 6.07 Å². The van der Waals surface area contributed by atoms with Crippen LogP contribution in [-0.4, -0.2) is 27.0 Å². The van der Waals surface area contributed by atoms with Crippen molar-refractivity contribution in [1.82, 2.24) is 9.97 Å². The summed E-state index contributed by atoms with van der Waals surface area (Å²) < 4.78 is 6.23. The number of benzene rings is 3. The molecule has 1 aliphatic carbocycles. The first-order valence-corrected chi connectivity index (χ1v) is 15.3. The number of hydrogen-bond donors (Lipinski definition) is 1. The summed E-state index contributed by atoms with van der Waals surface area (Å²) in [5, 5.41) is 11.7. The van der Waals surface area contributed by atoms with Crippen molar-refractivity contribution in [3.63, 3.8) is 0 Å². The van der Waals surface area contributed by atoms with E-state index >= 15 is 0 Å². The Morgan fingerprint density at radius 2 is 1.71 bits per heavy atom. The number of pyridine rings is 2. The van der Waals surface area contributed by atoms with Gasteiger partial charge in [0.05, 0.1) is 17.9 Å². The first kappa shape index (κ1) is 31.0.